The maximum atomic E-state index is 5.11. The summed E-state index contributed by atoms with van der Waals surface area (Å²) in [5, 5.41) is 0. The SMILES string of the molecule is C=CN1C=CCC1OC. The summed E-state index contributed by atoms with van der Waals surface area (Å²) in [6.07, 6.45) is 6.94. The van der Waals surface area contributed by atoms with Crippen LogP contribution in [0.4, 0.5) is 0 Å². The van der Waals surface area contributed by atoms with Crippen LogP contribution in [-0.4, -0.2) is 18.2 Å². The van der Waals surface area contributed by atoms with E-state index in [1.165, 1.54) is 0 Å². The van der Waals surface area contributed by atoms with Crippen molar-refractivity contribution in [2.75, 3.05) is 7.11 Å². The summed E-state index contributed by atoms with van der Waals surface area (Å²) in [5.74, 6) is 0. The summed E-state index contributed by atoms with van der Waals surface area (Å²) in [6.45, 7) is 3.64. The van der Waals surface area contributed by atoms with Crippen molar-refractivity contribution in [3.05, 3.63) is 25.1 Å². The average Bonchev–Trinajstić information content (AvgIpc) is 2.33. The number of rotatable bonds is 2. The summed E-state index contributed by atoms with van der Waals surface area (Å²) in [7, 11) is 1.70. The highest BCUT2D eigenvalue weighted by molar-refractivity contribution is 4.98. The van der Waals surface area contributed by atoms with E-state index >= 15 is 0 Å². The number of ether oxygens (including phenoxy) is 1. The second kappa shape index (κ2) is 2.69. The number of hydrogen-bond donors (Lipinski definition) is 0. The monoisotopic (exact) mass is 125 g/mol. The van der Waals surface area contributed by atoms with Gasteiger partial charge in [-0.05, 0) is 6.20 Å². The third-order valence-electron chi connectivity index (χ3n) is 1.43. The molecule has 0 aromatic heterocycles. The van der Waals surface area contributed by atoms with Gasteiger partial charge in [-0.15, -0.1) is 0 Å². The molecule has 0 saturated carbocycles. The van der Waals surface area contributed by atoms with Gasteiger partial charge in [0, 0.05) is 19.7 Å². The smallest absolute Gasteiger partial charge is 0.136 e. The maximum Gasteiger partial charge on any atom is 0.136 e. The van der Waals surface area contributed by atoms with Gasteiger partial charge in [0.25, 0.3) is 0 Å². The van der Waals surface area contributed by atoms with Gasteiger partial charge in [-0.3, -0.25) is 0 Å². The van der Waals surface area contributed by atoms with Gasteiger partial charge < -0.3 is 9.64 Å². The van der Waals surface area contributed by atoms with Crippen LogP contribution < -0.4 is 0 Å². The molecule has 1 atom stereocenters. The second-order valence-electron chi connectivity index (χ2n) is 1.94. The zero-order valence-electron chi connectivity index (χ0n) is 5.58. The molecule has 0 saturated heterocycles. The van der Waals surface area contributed by atoms with E-state index in [2.05, 4.69) is 12.7 Å². The van der Waals surface area contributed by atoms with E-state index < -0.39 is 0 Å². The summed E-state index contributed by atoms with van der Waals surface area (Å²) < 4.78 is 5.11. The van der Waals surface area contributed by atoms with E-state index in [0.717, 1.165) is 6.42 Å². The fraction of sp³-hybridized carbons (Fsp3) is 0.429. The number of methoxy groups -OCH3 is 1. The Labute approximate surface area is 55.4 Å². The van der Waals surface area contributed by atoms with Crippen LogP contribution in [0.1, 0.15) is 6.42 Å². The molecular formula is C7H11NO. The first-order valence-electron chi connectivity index (χ1n) is 2.98. The molecule has 0 fully saturated rings. The molecule has 0 amide bonds. The number of hydrogen-bond acceptors (Lipinski definition) is 2. The van der Waals surface area contributed by atoms with Crippen LogP contribution in [0.25, 0.3) is 0 Å². The van der Waals surface area contributed by atoms with Crippen molar-refractivity contribution in [2.45, 2.75) is 12.6 Å². The lowest BCUT2D eigenvalue weighted by Crippen LogP contribution is -2.22. The standard InChI is InChI=1S/C7H11NO/c1-3-8-6-4-5-7(8)9-2/h3-4,6-7H,1,5H2,2H3. The molecule has 0 spiro atoms. The van der Waals surface area contributed by atoms with Crippen LogP contribution >= 0.6 is 0 Å². The van der Waals surface area contributed by atoms with E-state index in [1.807, 2.05) is 11.1 Å². The molecule has 0 radical (unpaired) electrons. The van der Waals surface area contributed by atoms with Crippen molar-refractivity contribution in [3.63, 3.8) is 0 Å². The molecule has 1 aliphatic rings. The largest absolute Gasteiger partial charge is 0.361 e. The summed E-state index contributed by atoms with van der Waals surface area (Å²) >= 11 is 0. The maximum absolute atomic E-state index is 5.11. The molecule has 2 nitrogen and oxygen atoms in total. The molecule has 0 N–H and O–H groups in total. The van der Waals surface area contributed by atoms with Crippen molar-refractivity contribution in [1.82, 2.24) is 4.90 Å². The molecular weight excluding hydrogens is 114 g/mol. The van der Waals surface area contributed by atoms with Crippen molar-refractivity contribution >= 4 is 0 Å². The van der Waals surface area contributed by atoms with Crippen LogP contribution in [-0.2, 0) is 4.74 Å². The highest BCUT2D eigenvalue weighted by Gasteiger charge is 2.14. The first kappa shape index (κ1) is 6.36. The normalized spacial score (nSPS) is 25.0. The minimum atomic E-state index is 0.183. The van der Waals surface area contributed by atoms with Crippen molar-refractivity contribution in [1.29, 1.82) is 0 Å². The van der Waals surface area contributed by atoms with E-state index in [4.69, 9.17) is 4.74 Å². The quantitative estimate of drug-likeness (QED) is 0.552. The van der Waals surface area contributed by atoms with E-state index in [-0.39, 0.29) is 6.23 Å². The Morgan fingerprint density at radius 2 is 2.67 bits per heavy atom. The molecule has 2 heteroatoms. The van der Waals surface area contributed by atoms with Gasteiger partial charge in [0.1, 0.15) is 6.23 Å². The molecule has 1 heterocycles. The van der Waals surface area contributed by atoms with Crippen molar-refractivity contribution < 1.29 is 4.74 Å². The number of nitrogens with zero attached hydrogens (tertiary/aromatic N) is 1. The minimum absolute atomic E-state index is 0.183. The zero-order valence-corrected chi connectivity index (χ0v) is 5.58. The Morgan fingerprint density at radius 3 is 3.11 bits per heavy atom. The molecule has 1 rings (SSSR count). The molecule has 1 aliphatic heterocycles. The molecule has 0 aromatic rings. The predicted octanol–water partition coefficient (Wildman–Crippen LogP) is 1.32. The topological polar surface area (TPSA) is 12.5 Å². The molecule has 0 aromatic carbocycles. The Hall–Kier alpha value is -0.760. The van der Waals surface area contributed by atoms with E-state index in [0.29, 0.717) is 0 Å². The van der Waals surface area contributed by atoms with Gasteiger partial charge in [0.2, 0.25) is 0 Å². The third kappa shape index (κ3) is 1.13. The molecule has 50 valence electrons. The van der Waals surface area contributed by atoms with Gasteiger partial charge in [0.15, 0.2) is 0 Å². The van der Waals surface area contributed by atoms with Crippen molar-refractivity contribution in [3.8, 4) is 0 Å². The zero-order chi connectivity index (χ0) is 6.69. The lowest BCUT2D eigenvalue weighted by molar-refractivity contribution is 0.0320. The third-order valence-corrected chi connectivity index (χ3v) is 1.43. The van der Waals surface area contributed by atoms with Gasteiger partial charge in [-0.1, -0.05) is 12.7 Å². The van der Waals surface area contributed by atoms with Gasteiger partial charge in [-0.25, -0.2) is 0 Å². The van der Waals surface area contributed by atoms with Gasteiger partial charge >= 0.3 is 0 Å². The molecule has 1 unspecified atom stereocenters. The average molecular weight is 125 g/mol. The lowest BCUT2D eigenvalue weighted by Gasteiger charge is -2.18. The van der Waals surface area contributed by atoms with Gasteiger partial charge in [-0.2, -0.15) is 0 Å². The Kier molecular flexibility index (Phi) is 1.90. The first-order chi connectivity index (χ1) is 4.38. The minimum Gasteiger partial charge on any atom is -0.361 e. The van der Waals surface area contributed by atoms with Gasteiger partial charge in [0.05, 0.1) is 0 Å². The molecule has 0 aliphatic carbocycles. The van der Waals surface area contributed by atoms with Crippen LogP contribution in [0.15, 0.2) is 25.1 Å². The van der Waals surface area contributed by atoms with Crippen LogP contribution in [0.2, 0.25) is 0 Å². The van der Waals surface area contributed by atoms with E-state index in [1.54, 1.807) is 13.3 Å². The predicted molar refractivity (Wildman–Crippen MR) is 36.6 cm³/mol. The fourth-order valence-electron chi connectivity index (χ4n) is 0.913. The highest BCUT2D eigenvalue weighted by atomic mass is 16.5. The van der Waals surface area contributed by atoms with E-state index in [9.17, 15) is 0 Å². The molecule has 0 bridgehead atoms. The highest BCUT2D eigenvalue weighted by Crippen LogP contribution is 2.13. The summed E-state index contributed by atoms with van der Waals surface area (Å²) in [6, 6.07) is 0. The Balaban J connectivity index is 2.48. The fourth-order valence-corrected chi connectivity index (χ4v) is 0.913. The summed E-state index contributed by atoms with van der Waals surface area (Å²) in [4.78, 5) is 1.94. The van der Waals surface area contributed by atoms with Crippen LogP contribution in [0.5, 0.6) is 0 Å². The first-order valence-corrected chi connectivity index (χ1v) is 2.98. The van der Waals surface area contributed by atoms with Crippen molar-refractivity contribution in [2.24, 2.45) is 0 Å². The lowest BCUT2D eigenvalue weighted by atomic mass is 10.4. The van der Waals surface area contributed by atoms with Crippen LogP contribution in [0, 0.1) is 0 Å². The Morgan fingerprint density at radius 1 is 1.89 bits per heavy atom. The Bertz CT molecular complexity index is 131. The second-order valence-corrected chi connectivity index (χ2v) is 1.94. The summed E-state index contributed by atoms with van der Waals surface area (Å²) in [5.41, 5.74) is 0. The van der Waals surface area contributed by atoms with Crippen LogP contribution in [0.3, 0.4) is 0 Å². The molecule has 9 heavy (non-hydrogen) atoms.